The molecule has 1 aromatic rings. The summed E-state index contributed by atoms with van der Waals surface area (Å²) in [5, 5.41) is 6.74. The Hall–Kier alpha value is -0.900. The van der Waals surface area contributed by atoms with Crippen LogP contribution in [0.15, 0.2) is 18.2 Å². The van der Waals surface area contributed by atoms with Gasteiger partial charge in [0.1, 0.15) is 0 Å². The van der Waals surface area contributed by atoms with Crippen LogP contribution in [0.5, 0.6) is 0 Å². The first-order valence-electron chi connectivity index (χ1n) is 6.20. The molecule has 0 aliphatic rings. The van der Waals surface area contributed by atoms with Crippen molar-refractivity contribution in [1.82, 2.24) is 10.6 Å². The van der Waals surface area contributed by atoms with Gasteiger partial charge in [-0.1, -0.05) is 23.8 Å². The van der Waals surface area contributed by atoms with E-state index in [1.165, 1.54) is 16.7 Å². The molecule has 96 valence electrons. The van der Waals surface area contributed by atoms with Gasteiger partial charge in [-0.3, -0.25) is 0 Å². The summed E-state index contributed by atoms with van der Waals surface area (Å²) in [5.41, 5.74) is 4.07. The van der Waals surface area contributed by atoms with Gasteiger partial charge in [0.05, 0.1) is 6.61 Å². The standard InChI is InChI=1S/C14H24N2O/c1-12-4-5-14(13(2)10-12)11-16-7-6-15-8-9-17-3/h4-5,10,15-16H,6-9,11H2,1-3H3. The van der Waals surface area contributed by atoms with E-state index in [0.717, 1.165) is 32.8 Å². The molecule has 0 fully saturated rings. The van der Waals surface area contributed by atoms with Crippen molar-refractivity contribution in [3.8, 4) is 0 Å². The summed E-state index contributed by atoms with van der Waals surface area (Å²) >= 11 is 0. The number of nitrogens with one attached hydrogen (secondary N) is 2. The molecule has 1 aromatic carbocycles. The van der Waals surface area contributed by atoms with Crippen molar-refractivity contribution in [1.29, 1.82) is 0 Å². The number of benzene rings is 1. The number of aryl methyl sites for hydroxylation is 2. The van der Waals surface area contributed by atoms with Gasteiger partial charge in [0, 0.05) is 33.3 Å². The highest BCUT2D eigenvalue weighted by Crippen LogP contribution is 2.09. The van der Waals surface area contributed by atoms with Crippen molar-refractivity contribution in [2.45, 2.75) is 20.4 Å². The minimum absolute atomic E-state index is 0.775. The van der Waals surface area contributed by atoms with Gasteiger partial charge < -0.3 is 15.4 Å². The van der Waals surface area contributed by atoms with Gasteiger partial charge in [-0.2, -0.15) is 0 Å². The van der Waals surface area contributed by atoms with Gasteiger partial charge in [0.2, 0.25) is 0 Å². The Labute approximate surface area is 105 Å². The molecule has 0 spiro atoms. The molecule has 0 amide bonds. The van der Waals surface area contributed by atoms with Gasteiger partial charge in [0.25, 0.3) is 0 Å². The van der Waals surface area contributed by atoms with E-state index in [4.69, 9.17) is 4.74 Å². The summed E-state index contributed by atoms with van der Waals surface area (Å²) < 4.78 is 4.96. The molecule has 3 nitrogen and oxygen atoms in total. The first-order chi connectivity index (χ1) is 8.24. The van der Waals surface area contributed by atoms with Gasteiger partial charge in [-0.25, -0.2) is 0 Å². The highest BCUT2D eigenvalue weighted by molar-refractivity contribution is 5.30. The van der Waals surface area contributed by atoms with E-state index in [1.54, 1.807) is 7.11 Å². The number of methoxy groups -OCH3 is 1. The smallest absolute Gasteiger partial charge is 0.0587 e. The highest BCUT2D eigenvalue weighted by atomic mass is 16.5. The predicted molar refractivity (Wildman–Crippen MR) is 72.4 cm³/mol. The lowest BCUT2D eigenvalue weighted by Gasteiger charge is -2.09. The fourth-order valence-electron chi connectivity index (χ4n) is 1.74. The van der Waals surface area contributed by atoms with Crippen molar-refractivity contribution in [2.75, 3.05) is 33.4 Å². The van der Waals surface area contributed by atoms with Crippen LogP contribution in [0.25, 0.3) is 0 Å². The average molecular weight is 236 g/mol. The summed E-state index contributed by atoms with van der Waals surface area (Å²) in [6, 6.07) is 6.60. The summed E-state index contributed by atoms with van der Waals surface area (Å²) in [6.45, 7) is 8.90. The van der Waals surface area contributed by atoms with Crippen LogP contribution in [0.1, 0.15) is 16.7 Å². The minimum atomic E-state index is 0.775. The van der Waals surface area contributed by atoms with Crippen LogP contribution in [0.3, 0.4) is 0 Å². The highest BCUT2D eigenvalue weighted by Gasteiger charge is 1.97. The maximum atomic E-state index is 4.96. The number of ether oxygens (including phenoxy) is 1. The Morgan fingerprint density at radius 3 is 2.53 bits per heavy atom. The monoisotopic (exact) mass is 236 g/mol. The molecule has 0 atom stereocenters. The van der Waals surface area contributed by atoms with Crippen LogP contribution in [0, 0.1) is 13.8 Å². The molecule has 0 aliphatic heterocycles. The minimum Gasteiger partial charge on any atom is -0.383 e. The van der Waals surface area contributed by atoms with E-state index >= 15 is 0 Å². The van der Waals surface area contributed by atoms with Crippen LogP contribution in [-0.2, 0) is 11.3 Å². The van der Waals surface area contributed by atoms with Crippen molar-refractivity contribution < 1.29 is 4.74 Å². The molecule has 2 N–H and O–H groups in total. The van der Waals surface area contributed by atoms with Gasteiger partial charge >= 0.3 is 0 Å². The Kier molecular flexibility index (Phi) is 6.86. The van der Waals surface area contributed by atoms with Crippen molar-refractivity contribution in [2.24, 2.45) is 0 Å². The maximum Gasteiger partial charge on any atom is 0.0587 e. The third-order valence-corrected chi connectivity index (χ3v) is 2.78. The molecule has 0 radical (unpaired) electrons. The summed E-state index contributed by atoms with van der Waals surface area (Å²) in [7, 11) is 1.72. The van der Waals surface area contributed by atoms with Crippen LogP contribution in [0.2, 0.25) is 0 Å². The third kappa shape index (κ3) is 5.82. The maximum absolute atomic E-state index is 4.96. The Morgan fingerprint density at radius 1 is 1.06 bits per heavy atom. The quantitative estimate of drug-likeness (QED) is 0.673. The number of hydrogen-bond acceptors (Lipinski definition) is 3. The number of rotatable bonds is 8. The fourth-order valence-corrected chi connectivity index (χ4v) is 1.74. The Morgan fingerprint density at radius 2 is 1.82 bits per heavy atom. The Bertz CT molecular complexity index is 326. The van der Waals surface area contributed by atoms with E-state index in [-0.39, 0.29) is 0 Å². The molecule has 3 heteroatoms. The molecule has 0 heterocycles. The summed E-state index contributed by atoms with van der Waals surface area (Å²) in [4.78, 5) is 0. The Balaban J connectivity index is 2.14. The molecule has 0 unspecified atom stereocenters. The first kappa shape index (κ1) is 14.2. The van der Waals surface area contributed by atoms with E-state index in [1.807, 2.05) is 0 Å². The number of hydrogen-bond donors (Lipinski definition) is 2. The van der Waals surface area contributed by atoms with E-state index < -0.39 is 0 Å². The zero-order valence-corrected chi connectivity index (χ0v) is 11.2. The second kappa shape index (κ2) is 8.23. The lowest BCUT2D eigenvalue weighted by Crippen LogP contribution is -2.29. The van der Waals surface area contributed by atoms with Crippen LogP contribution >= 0.6 is 0 Å². The molecule has 0 saturated carbocycles. The SMILES string of the molecule is COCCNCCNCc1ccc(C)cc1C. The van der Waals surface area contributed by atoms with Crippen molar-refractivity contribution in [3.05, 3.63) is 34.9 Å². The second-order valence-corrected chi connectivity index (χ2v) is 4.35. The molecule has 1 rings (SSSR count). The van der Waals surface area contributed by atoms with E-state index in [2.05, 4.69) is 42.7 Å². The lowest BCUT2D eigenvalue weighted by atomic mass is 10.1. The molecular weight excluding hydrogens is 212 g/mol. The van der Waals surface area contributed by atoms with Crippen LogP contribution in [0.4, 0.5) is 0 Å². The zero-order valence-electron chi connectivity index (χ0n) is 11.2. The molecule has 0 aliphatic carbocycles. The van der Waals surface area contributed by atoms with Gasteiger partial charge in [-0.05, 0) is 25.0 Å². The molecule has 0 aromatic heterocycles. The van der Waals surface area contributed by atoms with Gasteiger partial charge in [0.15, 0.2) is 0 Å². The predicted octanol–water partition coefficient (Wildman–Crippen LogP) is 1.63. The second-order valence-electron chi connectivity index (χ2n) is 4.35. The molecule has 17 heavy (non-hydrogen) atoms. The molecule has 0 saturated heterocycles. The average Bonchev–Trinajstić information content (AvgIpc) is 2.30. The van der Waals surface area contributed by atoms with E-state index in [0.29, 0.717) is 0 Å². The largest absolute Gasteiger partial charge is 0.383 e. The first-order valence-corrected chi connectivity index (χ1v) is 6.20. The normalized spacial score (nSPS) is 10.8. The van der Waals surface area contributed by atoms with Crippen LogP contribution < -0.4 is 10.6 Å². The summed E-state index contributed by atoms with van der Waals surface area (Å²) in [6.07, 6.45) is 0. The molecular formula is C14H24N2O. The lowest BCUT2D eigenvalue weighted by molar-refractivity contribution is 0.199. The summed E-state index contributed by atoms with van der Waals surface area (Å²) in [5.74, 6) is 0. The zero-order chi connectivity index (χ0) is 12.5. The third-order valence-electron chi connectivity index (χ3n) is 2.78. The van der Waals surface area contributed by atoms with Crippen molar-refractivity contribution >= 4 is 0 Å². The van der Waals surface area contributed by atoms with E-state index in [9.17, 15) is 0 Å². The van der Waals surface area contributed by atoms with Gasteiger partial charge in [-0.15, -0.1) is 0 Å². The molecule has 0 bridgehead atoms. The van der Waals surface area contributed by atoms with Crippen LogP contribution in [-0.4, -0.2) is 33.4 Å². The fraction of sp³-hybridized carbons (Fsp3) is 0.571. The topological polar surface area (TPSA) is 33.3 Å². The van der Waals surface area contributed by atoms with Crippen molar-refractivity contribution in [3.63, 3.8) is 0 Å².